The number of thioether (sulfide) groups is 1. The first-order valence-corrected chi connectivity index (χ1v) is 10.5. The number of nitrogens with zero attached hydrogens (tertiary/aromatic N) is 3. The van der Waals surface area contributed by atoms with Crippen LogP contribution in [0, 0.1) is 6.92 Å². The Kier molecular flexibility index (Phi) is 6.04. The first kappa shape index (κ1) is 20.7. The Morgan fingerprint density at radius 3 is 2.48 bits per heavy atom. The van der Waals surface area contributed by atoms with E-state index in [-0.39, 0.29) is 5.91 Å². The monoisotopic (exact) mass is 431 g/mol. The number of rotatable bonds is 5. The number of carbonyl (C=O) groups excluding carboxylic acids is 1. The van der Waals surface area contributed by atoms with Gasteiger partial charge in [0.1, 0.15) is 17.1 Å². The molecule has 0 aliphatic carbocycles. The summed E-state index contributed by atoms with van der Waals surface area (Å²) in [6.45, 7) is 1.81. The first-order chi connectivity index (χ1) is 15.1. The molecule has 1 amide bonds. The molecular weight excluding hydrogens is 410 g/mol. The third-order valence-electron chi connectivity index (χ3n) is 4.72. The first-order valence-electron chi connectivity index (χ1n) is 9.65. The van der Waals surface area contributed by atoms with E-state index in [9.17, 15) is 4.79 Å². The zero-order valence-electron chi connectivity index (χ0n) is 17.4. The number of aliphatic imine (C=N–C) groups is 1. The lowest BCUT2D eigenvalue weighted by atomic mass is 10.2. The number of carbonyl (C=O) groups is 1. The summed E-state index contributed by atoms with van der Waals surface area (Å²) in [5, 5.41) is 4.66. The van der Waals surface area contributed by atoms with E-state index < -0.39 is 0 Å². The van der Waals surface area contributed by atoms with Gasteiger partial charge < -0.3 is 9.26 Å². The van der Waals surface area contributed by atoms with Gasteiger partial charge >= 0.3 is 0 Å². The standard InChI is InChI=1S/C24H21N3O3S/c1-16-22(20(30-26-16)14-11-17-7-5-4-6-8-17)27-23(28)21(31-24(27)25-2)15-18-9-12-19(29-3)13-10-18/h4-15H,1-3H3/b14-11+,21-15-,25-24?. The number of methoxy groups -OCH3 is 1. The average Bonchev–Trinajstić information content (AvgIpc) is 3.32. The highest BCUT2D eigenvalue weighted by atomic mass is 32.2. The molecule has 0 radical (unpaired) electrons. The number of ether oxygens (including phenoxy) is 1. The molecule has 0 N–H and O–H groups in total. The van der Waals surface area contributed by atoms with E-state index in [1.165, 1.54) is 11.8 Å². The smallest absolute Gasteiger partial charge is 0.271 e. The number of aryl methyl sites for hydroxylation is 1. The number of hydrogen-bond acceptors (Lipinski definition) is 6. The molecule has 0 atom stereocenters. The van der Waals surface area contributed by atoms with E-state index in [2.05, 4.69) is 10.1 Å². The lowest BCUT2D eigenvalue weighted by Gasteiger charge is -2.14. The normalized spacial score (nSPS) is 16.7. The third kappa shape index (κ3) is 4.32. The second-order valence-corrected chi connectivity index (χ2v) is 7.76. The molecule has 2 aromatic carbocycles. The van der Waals surface area contributed by atoms with Gasteiger partial charge in [0, 0.05) is 7.05 Å². The van der Waals surface area contributed by atoms with Gasteiger partial charge in [0.2, 0.25) is 0 Å². The molecule has 156 valence electrons. The van der Waals surface area contributed by atoms with Gasteiger partial charge in [-0.15, -0.1) is 0 Å². The third-order valence-corrected chi connectivity index (χ3v) is 5.78. The van der Waals surface area contributed by atoms with Crippen LogP contribution in [0.15, 0.2) is 69.0 Å². The fourth-order valence-electron chi connectivity index (χ4n) is 3.17. The quantitative estimate of drug-likeness (QED) is 0.515. The average molecular weight is 432 g/mol. The van der Waals surface area contributed by atoms with Crippen molar-refractivity contribution >= 4 is 46.8 Å². The van der Waals surface area contributed by atoms with Gasteiger partial charge in [-0.1, -0.05) is 53.7 Å². The van der Waals surface area contributed by atoms with Gasteiger partial charge in [-0.2, -0.15) is 0 Å². The maximum absolute atomic E-state index is 13.3. The minimum Gasteiger partial charge on any atom is -0.497 e. The number of anilines is 1. The summed E-state index contributed by atoms with van der Waals surface area (Å²) in [5.41, 5.74) is 3.14. The molecular formula is C24H21N3O3S. The molecule has 2 heterocycles. The lowest BCUT2D eigenvalue weighted by molar-refractivity contribution is -0.113. The predicted molar refractivity (Wildman–Crippen MR) is 126 cm³/mol. The Morgan fingerprint density at radius 2 is 1.81 bits per heavy atom. The highest BCUT2D eigenvalue weighted by Crippen LogP contribution is 2.39. The van der Waals surface area contributed by atoms with Crippen LogP contribution in [0.2, 0.25) is 0 Å². The highest BCUT2D eigenvalue weighted by molar-refractivity contribution is 8.19. The lowest BCUT2D eigenvalue weighted by Crippen LogP contribution is -2.29. The number of amides is 1. The molecule has 1 saturated heterocycles. The van der Waals surface area contributed by atoms with Crippen molar-refractivity contribution in [2.24, 2.45) is 4.99 Å². The minimum atomic E-state index is -0.165. The Bertz CT molecular complexity index is 1180. The molecule has 1 aliphatic heterocycles. The zero-order chi connectivity index (χ0) is 21.8. The van der Waals surface area contributed by atoms with Crippen molar-refractivity contribution in [3.8, 4) is 5.75 Å². The number of aromatic nitrogens is 1. The largest absolute Gasteiger partial charge is 0.497 e. The maximum atomic E-state index is 13.3. The summed E-state index contributed by atoms with van der Waals surface area (Å²) in [6.07, 6.45) is 5.59. The molecule has 6 nitrogen and oxygen atoms in total. The van der Waals surface area contributed by atoms with E-state index in [1.54, 1.807) is 19.1 Å². The second kappa shape index (κ2) is 9.06. The van der Waals surface area contributed by atoms with Crippen LogP contribution in [0.25, 0.3) is 18.2 Å². The Labute approximate surface area is 184 Å². The topological polar surface area (TPSA) is 67.9 Å². The van der Waals surface area contributed by atoms with Crippen molar-refractivity contribution in [3.63, 3.8) is 0 Å². The van der Waals surface area contributed by atoms with Gasteiger partial charge in [0.15, 0.2) is 10.9 Å². The number of benzene rings is 2. The fourth-order valence-corrected chi connectivity index (χ4v) is 4.10. The zero-order valence-corrected chi connectivity index (χ0v) is 18.2. The maximum Gasteiger partial charge on any atom is 0.271 e. The molecule has 7 heteroatoms. The van der Waals surface area contributed by atoms with Crippen molar-refractivity contribution in [1.29, 1.82) is 0 Å². The van der Waals surface area contributed by atoms with Crippen molar-refractivity contribution in [2.45, 2.75) is 6.92 Å². The molecule has 1 aliphatic rings. The number of hydrogen-bond donors (Lipinski definition) is 0. The molecule has 4 rings (SSSR count). The van der Waals surface area contributed by atoms with E-state index in [1.807, 2.05) is 79.7 Å². The van der Waals surface area contributed by atoms with Crippen molar-refractivity contribution < 1.29 is 14.1 Å². The summed E-state index contributed by atoms with van der Waals surface area (Å²) in [7, 11) is 3.29. The van der Waals surface area contributed by atoms with Gasteiger partial charge in [-0.05, 0) is 54.1 Å². The van der Waals surface area contributed by atoms with Crippen molar-refractivity contribution in [3.05, 3.63) is 82.1 Å². The fraction of sp³-hybridized carbons (Fsp3) is 0.125. The minimum absolute atomic E-state index is 0.165. The number of amidine groups is 1. The second-order valence-electron chi connectivity index (χ2n) is 6.76. The van der Waals surface area contributed by atoms with Crippen LogP contribution >= 0.6 is 11.8 Å². The Morgan fingerprint density at radius 1 is 1.06 bits per heavy atom. The van der Waals surface area contributed by atoms with Crippen LogP contribution in [-0.2, 0) is 4.79 Å². The van der Waals surface area contributed by atoms with Crippen LogP contribution < -0.4 is 9.64 Å². The van der Waals surface area contributed by atoms with Crippen LogP contribution in [0.4, 0.5) is 5.69 Å². The molecule has 1 aromatic heterocycles. The van der Waals surface area contributed by atoms with Crippen LogP contribution in [0.5, 0.6) is 5.75 Å². The van der Waals surface area contributed by atoms with Gasteiger partial charge in [0.25, 0.3) is 5.91 Å². The van der Waals surface area contributed by atoms with Gasteiger partial charge in [-0.25, -0.2) is 4.90 Å². The summed E-state index contributed by atoms with van der Waals surface area (Å²) >= 11 is 1.32. The molecule has 0 saturated carbocycles. The van der Waals surface area contributed by atoms with Gasteiger partial charge in [0.05, 0.1) is 12.0 Å². The summed E-state index contributed by atoms with van der Waals surface area (Å²) in [4.78, 5) is 19.8. The summed E-state index contributed by atoms with van der Waals surface area (Å²) in [6, 6.07) is 17.4. The van der Waals surface area contributed by atoms with Gasteiger partial charge in [-0.3, -0.25) is 9.79 Å². The van der Waals surface area contributed by atoms with E-state index in [0.717, 1.165) is 16.9 Å². The highest BCUT2D eigenvalue weighted by Gasteiger charge is 2.37. The SMILES string of the molecule is CN=C1S/C(=C\c2ccc(OC)cc2)C(=O)N1c1c(C)noc1/C=C/c1ccccc1. The van der Waals surface area contributed by atoms with Crippen molar-refractivity contribution in [2.75, 3.05) is 19.1 Å². The molecule has 1 fully saturated rings. The van der Waals surface area contributed by atoms with Crippen LogP contribution in [-0.4, -0.2) is 30.4 Å². The van der Waals surface area contributed by atoms with Crippen LogP contribution in [0.3, 0.4) is 0 Å². The van der Waals surface area contributed by atoms with E-state index in [4.69, 9.17) is 9.26 Å². The van der Waals surface area contributed by atoms with E-state index in [0.29, 0.717) is 27.2 Å². The Hall–Kier alpha value is -3.58. The molecule has 0 spiro atoms. The molecule has 0 bridgehead atoms. The van der Waals surface area contributed by atoms with E-state index >= 15 is 0 Å². The molecule has 0 unspecified atom stereocenters. The molecule has 3 aromatic rings. The van der Waals surface area contributed by atoms with Crippen molar-refractivity contribution in [1.82, 2.24) is 5.16 Å². The Balaban J connectivity index is 1.68. The summed E-state index contributed by atoms with van der Waals surface area (Å²) in [5.74, 6) is 1.10. The predicted octanol–water partition coefficient (Wildman–Crippen LogP) is 5.27. The molecule has 31 heavy (non-hydrogen) atoms. The van der Waals surface area contributed by atoms with Crippen LogP contribution in [0.1, 0.15) is 22.6 Å². The summed E-state index contributed by atoms with van der Waals surface area (Å²) < 4.78 is 10.7.